The number of esters is 2. The minimum absolute atomic E-state index is 0. The molecule has 0 amide bonds. The van der Waals surface area contributed by atoms with Gasteiger partial charge in [0.1, 0.15) is 10.1 Å². The van der Waals surface area contributed by atoms with Crippen molar-refractivity contribution in [3.8, 4) is 0 Å². The predicted molar refractivity (Wildman–Crippen MR) is 97.2 cm³/mol. The van der Waals surface area contributed by atoms with Gasteiger partial charge in [-0.15, -0.1) is 0 Å². The molecule has 152 valence electrons. The molecule has 1 atom stereocenters. The molecule has 0 saturated carbocycles. The third-order valence-corrected chi connectivity index (χ3v) is 4.85. The fourth-order valence-electron chi connectivity index (χ4n) is 2.33. The number of unbranched alkanes of at least 4 members (excludes halogenated alkanes) is 8. The Morgan fingerprint density at radius 3 is 2.00 bits per heavy atom. The van der Waals surface area contributed by atoms with E-state index in [0.717, 1.165) is 25.5 Å². The number of carbonyl (C=O) groups excluding carboxylic acids is 2. The smallest absolute Gasteiger partial charge is 0.747 e. The van der Waals surface area contributed by atoms with E-state index < -0.39 is 33.7 Å². The standard InChI is InChI=1S/C18H32O7S.Na/c1-3-5-6-7-8-9-10-11-12-14-25-18(20)16(26(21,22)23)15-17(19)24-13-4-2;/h4,13,16H,3,5-12,14-15H2,1-2H3,(H,21,22,23);/q;+1/p-1/b13-4+;. The van der Waals surface area contributed by atoms with Crippen LogP contribution in [-0.2, 0) is 29.2 Å². The first-order chi connectivity index (χ1) is 12.3. The molecule has 0 saturated heterocycles. The summed E-state index contributed by atoms with van der Waals surface area (Å²) in [7, 11) is -5.00. The second kappa shape index (κ2) is 17.7. The van der Waals surface area contributed by atoms with Gasteiger partial charge in [-0.2, -0.15) is 0 Å². The summed E-state index contributed by atoms with van der Waals surface area (Å²) < 4.78 is 42.9. The Bertz CT molecular complexity index is 532. The molecule has 0 aromatic rings. The zero-order valence-electron chi connectivity index (χ0n) is 16.8. The van der Waals surface area contributed by atoms with E-state index in [2.05, 4.69) is 11.7 Å². The van der Waals surface area contributed by atoms with Crippen molar-refractivity contribution in [2.24, 2.45) is 0 Å². The number of hydrogen-bond acceptors (Lipinski definition) is 7. The quantitative estimate of drug-likeness (QED) is 0.126. The molecule has 0 heterocycles. The molecule has 0 bridgehead atoms. The molecule has 7 nitrogen and oxygen atoms in total. The molecule has 0 N–H and O–H groups in total. The topological polar surface area (TPSA) is 110 Å². The van der Waals surface area contributed by atoms with E-state index in [1.807, 2.05) is 0 Å². The van der Waals surface area contributed by atoms with Gasteiger partial charge in [0.15, 0.2) is 5.25 Å². The maximum atomic E-state index is 11.8. The molecular weight excluding hydrogens is 383 g/mol. The average Bonchev–Trinajstić information content (AvgIpc) is 2.58. The molecule has 1 unspecified atom stereocenters. The SMILES string of the molecule is C/C=C/OC(=O)CC(C(=O)OCCCCCCCCCCC)S(=O)(=O)[O-].[Na+]. The first-order valence-electron chi connectivity index (χ1n) is 9.24. The van der Waals surface area contributed by atoms with Gasteiger partial charge in [-0.25, -0.2) is 8.42 Å². The first-order valence-corrected chi connectivity index (χ1v) is 10.7. The molecule has 0 aromatic heterocycles. The largest absolute Gasteiger partial charge is 1.00 e. The summed E-state index contributed by atoms with van der Waals surface area (Å²) in [6, 6.07) is 0. The van der Waals surface area contributed by atoms with Gasteiger partial charge < -0.3 is 14.0 Å². The van der Waals surface area contributed by atoms with Crippen molar-refractivity contribution < 1.29 is 61.6 Å². The Morgan fingerprint density at radius 1 is 1.00 bits per heavy atom. The van der Waals surface area contributed by atoms with Crippen LogP contribution < -0.4 is 29.6 Å². The zero-order chi connectivity index (χ0) is 19.8. The van der Waals surface area contributed by atoms with Crippen LogP contribution in [0.2, 0.25) is 0 Å². The van der Waals surface area contributed by atoms with Crippen molar-refractivity contribution >= 4 is 22.1 Å². The van der Waals surface area contributed by atoms with E-state index in [-0.39, 0.29) is 36.2 Å². The normalized spacial score (nSPS) is 12.4. The van der Waals surface area contributed by atoms with Crippen LogP contribution in [0.1, 0.15) is 78.1 Å². The van der Waals surface area contributed by atoms with Crippen molar-refractivity contribution in [2.75, 3.05) is 6.61 Å². The maximum Gasteiger partial charge on any atom is 1.00 e. The third kappa shape index (κ3) is 16.3. The van der Waals surface area contributed by atoms with Gasteiger partial charge in [-0.3, -0.25) is 9.59 Å². The van der Waals surface area contributed by atoms with Crippen LogP contribution in [-0.4, -0.2) is 36.8 Å². The summed E-state index contributed by atoms with van der Waals surface area (Å²) in [5.74, 6) is -2.18. The molecule has 0 rings (SSSR count). The summed E-state index contributed by atoms with van der Waals surface area (Å²) in [4.78, 5) is 23.2. The molecule has 27 heavy (non-hydrogen) atoms. The number of rotatable bonds is 15. The Morgan fingerprint density at radius 2 is 1.52 bits per heavy atom. The van der Waals surface area contributed by atoms with Crippen LogP contribution in [0.4, 0.5) is 0 Å². The third-order valence-electron chi connectivity index (χ3n) is 3.79. The fourth-order valence-corrected chi connectivity index (χ4v) is 2.97. The summed E-state index contributed by atoms with van der Waals surface area (Å²) in [5, 5.41) is -2.07. The second-order valence-electron chi connectivity index (χ2n) is 6.14. The summed E-state index contributed by atoms with van der Waals surface area (Å²) in [6.07, 6.45) is 11.4. The molecule has 0 aliphatic carbocycles. The van der Waals surface area contributed by atoms with Crippen molar-refractivity contribution in [1.82, 2.24) is 0 Å². The van der Waals surface area contributed by atoms with Gasteiger partial charge in [0.05, 0.1) is 19.3 Å². The molecule has 0 aromatic carbocycles. The van der Waals surface area contributed by atoms with E-state index in [1.54, 1.807) is 6.92 Å². The van der Waals surface area contributed by atoms with Crippen LogP contribution in [0.25, 0.3) is 0 Å². The van der Waals surface area contributed by atoms with Crippen LogP contribution >= 0.6 is 0 Å². The van der Waals surface area contributed by atoms with E-state index in [4.69, 9.17) is 4.74 Å². The van der Waals surface area contributed by atoms with Gasteiger partial charge in [0.25, 0.3) is 0 Å². The van der Waals surface area contributed by atoms with Gasteiger partial charge in [0.2, 0.25) is 0 Å². The molecule has 9 heteroatoms. The van der Waals surface area contributed by atoms with Crippen LogP contribution in [0.15, 0.2) is 12.3 Å². The molecule has 0 aliphatic heterocycles. The predicted octanol–water partition coefficient (Wildman–Crippen LogP) is 0.445. The fraction of sp³-hybridized carbons (Fsp3) is 0.778. The first kappa shape index (κ1) is 28.8. The van der Waals surface area contributed by atoms with E-state index >= 15 is 0 Å². The Labute approximate surface area is 185 Å². The van der Waals surface area contributed by atoms with Crippen molar-refractivity contribution in [3.63, 3.8) is 0 Å². The zero-order valence-corrected chi connectivity index (χ0v) is 19.6. The van der Waals surface area contributed by atoms with Crippen LogP contribution in [0.3, 0.4) is 0 Å². The second-order valence-corrected chi connectivity index (χ2v) is 7.70. The van der Waals surface area contributed by atoms with Crippen molar-refractivity contribution in [1.29, 1.82) is 0 Å². The van der Waals surface area contributed by atoms with E-state index in [1.165, 1.54) is 38.2 Å². The molecular formula is C18H31NaO7S. The van der Waals surface area contributed by atoms with Gasteiger partial charge >= 0.3 is 41.5 Å². The van der Waals surface area contributed by atoms with Crippen molar-refractivity contribution in [3.05, 3.63) is 12.3 Å². The van der Waals surface area contributed by atoms with Gasteiger partial charge in [-0.1, -0.05) is 64.4 Å². The summed E-state index contributed by atoms with van der Waals surface area (Å²) in [5.41, 5.74) is 0. The van der Waals surface area contributed by atoms with Crippen molar-refractivity contribution in [2.45, 2.75) is 83.3 Å². The molecule has 0 aliphatic rings. The monoisotopic (exact) mass is 414 g/mol. The van der Waals surface area contributed by atoms with Crippen LogP contribution in [0.5, 0.6) is 0 Å². The van der Waals surface area contributed by atoms with Crippen LogP contribution in [0, 0.1) is 0 Å². The Kier molecular flexibility index (Phi) is 18.8. The number of hydrogen-bond donors (Lipinski definition) is 0. The Hall–Kier alpha value is -0.410. The minimum Gasteiger partial charge on any atom is -0.747 e. The van der Waals surface area contributed by atoms with E-state index in [0.29, 0.717) is 6.42 Å². The average molecular weight is 414 g/mol. The number of carbonyl (C=O) groups is 2. The molecule has 0 radical (unpaired) electrons. The van der Waals surface area contributed by atoms with E-state index in [9.17, 15) is 22.6 Å². The maximum absolute atomic E-state index is 11.8. The molecule has 0 fully saturated rings. The summed E-state index contributed by atoms with van der Waals surface area (Å²) >= 11 is 0. The Balaban J connectivity index is 0. The number of allylic oxidation sites excluding steroid dienone is 1. The molecule has 0 spiro atoms. The van der Waals surface area contributed by atoms with Gasteiger partial charge in [-0.05, 0) is 13.3 Å². The van der Waals surface area contributed by atoms with Gasteiger partial charge in [0, 0.05) is 0 Å². The minimum atomic E-state index is -5.00. The number of ether oxygens (including phenoxy) is 2. The summed E-state index contributed by atoms with van der Waals surface area (Å²) in [6.45, 7) is 3.80.